The van der Waals surface area contributed by atoms with Crippen LogP contribution in [0.3, 0.4) is 0 Å². The van der Waals surface area contributed by atoms with Gasteiger partial charge in [-0.25, -0.2) is 4.98 Å². The zero-order valence-electron chi connectivity index (χ0n) is 23.7. The van der Waals surface area contributed by atoms with Crippen LogP contribution >= 0.6 is 0 Å². The normalized spacial score (nSPS) is 11.5. The SMILES string of the molecule is COc1ccc(C(=O)NCCCCCc2nc3ccccc3n2CCCOc2ccc(C(C)(C)C)cc2)cc1. The van der Waals surface area contributed by atoms with Gasteiger partial charge < -0.3 is 19.4 Å². The maximum atomic E-state index is 12.3. The van der Waals surface area contributed by atoms with Crippen molar-refractivity contribution in [1.82, 2.24) is 14.9 Å². The topological polar surface area (TPSA) is 65.4 Å². The number of fused-ring (bicyclic) bond motifs is 1. The summed E-state index contributed by atoms with van der Waals surface area (Å²) in [6.07, 6.45) is 4.81. The summed E-state index contributed by atoms with van der Waals surface area (Å²) in [6, 6.07) is 24.0. The molecule has 6 heteroatoms. The number of nitrogens with zero attached hydrogens (tertiary/aromatic N) is 2. The third-order valence-electron chi connectivity index (χ3n) is 6.96. The van der Waals surface area contributed by atoms with Gasteiger partial charge in [0.1, 0.15) is 17.3 Å². The molecule has 4 aromatic rings. The van der Waals surface area contributed by atoms with Crippen molar-refractivity contribution >= 4 is 16.9 Å². The van der Waals surface area contributed by atoms with Crippen LogP contribution in [-0.4, -0.2) is 35.7 Å². The number of ether oxygens (including phenoxy) is 2. The Balaban J connectivity index is 1.23. The van der Waals surface area contributed by atoms with Gasteiger partial charge in [0, 0.05) is 25.1 Å². The summed E-state index contributed by atoms with van der Waals surface area (Å²) in [5.41, 5.74) is 4.31. The Kier molecular flexibility index (Phi) is 9.64. The number of methoxy groups -OCH3 is 1. The molecule has 0 fully saturated rings. The molecule has 3 aromatic carbocycles. The van der Waals surface area contributed by atoms with Gasteiger partial charge in [0.15, 0.2) is 0 Å². The molecule has 206 valence electrons. The van der Waals surface area contributed by atoms with Crippen LogP contribution in [0, 0.1) is 0 Å². The second-order valence-electron chi connectivity index (χ2n) is 10.9. The average molecular weight is 528 g/mol. The Morgan fingerprint density at radius 2 is 1.59 bits per heavy atom. The Hall–Kier alpha value is -3.80. The molecule has 0 aliphatic carbocycles. The summed E-state index contributed by atoms with van der Waals surface area (Å²) >= 11 is 0. The van der Waals surface area contributed by atoms with E-state index < -0.39 is 0 Å². The van der Waals surface area contributed by atoms with E-state index in [1.807, 2.05) is 6.07 Å². The highest BCUT2D eigenvalue weighted by atomic mass is 16.5. The van der Waals surface area contributed by atoms with Gasteiger partial charge in [-0.1, -0.05) is 51.5 Å². The van der Waals surface area contributed by atoms with Crippen molar-refractivity contribution in [1.29, 1.82) is 0 Å². The molecule has 0 aliphatic rings. The van der Waals surface area contributed by atoms with Crippen molar-refractivity contribution in [3.8, 4) is 11.5 Å². The molecule has 0 saturated carbocycles. The van der Waals surface area contributed by atoms with Crippen molar-refractivity contribution in [3.05, 3.63) is 89.7 Å². The fourth-order valence-corrected chi connectivity index (χ4v) is 4.66. The van der Waals surface area contributed by atoms with E-state index in [1.165, 1.54) is 11.1 Å². The molecule has 0 bridgehead atoms. The van der Waals surface area contributed by atoms with Gasteiger partial charge in [-0.05, 0) is 78.8 Å². The maximum absolute atomic E-state index is 12.3. The van der Waals surface area contributed by atoms with E-state index in [0.29, 0.717) is 18.7 Å². The number of carbonyl (C=O) groups excluding carboxylic acids is 1. The number of unbranched alkanes of at least 4 members (excludes halogenated alkanes) is 2. The lowest BCUT2D eigenvalue weighted by atomic mass is 9.87. The number of aryl methyl sites for hydroxylation is 2. The zero-order chi connectivity index (χ0) is 27.7. The number of carbonyl (C=O) groups is 1. The van der Waals surface area contributed by atoms with Gasteiger partial charge >= 0.3 is 0 Å². The molecule has 0 saturated heterocycles. The fraction of sp³-hybridized carbons (Fsp3) is 0.394. The third kappa shape index (κ3) is 7.85. The predicted molar refractivity (Wildman–Crippen MR) is 158 cm³/mol. The number of benzene rings is 3. The molecule has 39 heavy (non-hydrogen) atoms. The summed E-state index contributed by atoms with van der Waals surface area (Å²) in [6.45, 7) is 8.85. The Bertz CT molecular complexity index is 1340. The molecule has 1 amide bonds. The number of aromatic nitrogens is 2. The summed E-state index contributed by atoms with van der Waals surface area (Å²) in [5, 5.41) is 3.01. The Labute approximate surface area is 232 Å². The standard InChI is InChI=1S/C33H41N3O3/c1-33(2,3)26-16-20-28(21-17-26)39-24-10-23-36-30-12-8-7-11-29(30)35-31(36)13-6-5-9-22-34-32(37)25-14-18-27(38-4)19-15-25/h7-8,11-12,14-21H,5-6,9-10,13,22-24H2,1-4H3,(H,34,37). The number of rotatable bonds is 13. The van der Waals surface area contributed by atoms with Crippen LogP contribution in [0.5, 0.6) is 11.5 Å². The van der Waals surface area contributed by atoms with Crippen LogP contribution in [0.4, 0.5) is 0 Å². The first-order chi connectivity index (χ1) is 18.8. The second kappa shape index (κ2) is 13.3. The van der Waals surface area contributed by atoms with E-state index in [-0.39, 0.29) is 11.3 Å². The first-order valence-corrected chi connectivity index (χ1v) is 13.9. The molecule has 0 unspecified atom stereocenters. The molecule has 4 rings (SSSR count). The lowest BCUT2D eigenvalue weighted by molar-refractivity contribution is 0.0953. The van der Waals surface area contributed by atoms with Crippen LogP contribution in [0.15, 0.2) is 72.8 Å². The molecular formula is C33H41N3O3. The highest BCUT2D eigenvalue weighted by molar-refractivity contribution is 5.94. The molecule has 0 atom stereocenters. The van der Waals surface area contributed by atoms with Crippen molar-refractivity contribution < 1.29 is 14.3 Å². The molecule has 0 radical (unpaired) electrons. The van der Waals surface area contributed by atoms with Gasteiger partial charge in [0.25, 0.3) is 5.91 Å². The molecule has 1 heterocycles. The van der Waals surface area contributed by atoms with Crippen LogP contribution < -0.4 is 14.8 Å². The molecule has 0 aliphatic heterocycles. The predicted octanol–water partition coefficient (Wildman–Crippen LogP) is 6.95. The largest absolute Gasteiger partial charge is 0.497 e. The minimum absolute atomic E-state index is 0.0492. The fourth-order valence-electron chi connectivity index (χ4n) is 4.66. The molecular weight excluding hydrogens is 486 g/mol. The second-order valence-corrected chi connectivity index (χ2v) is 10.9. The van der Waals surface area contributed by atoms with E-state index in [9.17, 15) is 4.79 Å². The van der Waals surface area contributed by atoms with Gasteiger partial charge in [-0.3, -0.25) is 4.79 Å². The van der Waals surface area contributed by atoms with E-state index >= 15 is 0 Å². The Morgan fingerprint density at radius 3 is 2.31 bits per heavy atom. The van der Waals surface area contributed by atoms with Gasteiger partial charge in [-0.2, -0.15) is 0 Å². The van der Waals surface area contributed by atoms with Crippen LogP contribution in [-0.2, 0) is 18.4 Å². The minimum atomic E-state index is -0.0492. The quantitative estimate of drug-likeness (QED) is 0.191. The lowest BCUT2D eigenvalue weighted by Gasteiger charge is -2.19. The Morgan fingerprint density at radius 1 is 0.872 bits per heavy atom. The number of imidazole rings is 1. The maximum Gasteiger partial charge on any atom is 0.251 e. The van der Waals surface area contributed by atoms with E-state index in [0.717, 1.165) is 61.5 Å². The average Bonchev–Trinajstić information content (AvgIpc) is 3.29. The van der Waals surface area contributed by atoms with Gasteiger partial charge in [0.05, 0.1) is 24.8 Å². The third-order valence-corrected chi connectivity index (χ3v) is 6.96. The molecule has 6 nitrogen and oxygen atoms in total. The summed E-state index contributed by atoms with van der Waals surface area (Å²) in [4.78, 5) is 17.3. The number of hydrogen-bond acceptors (Lipinski definition) is 4. The summed E-state index contributed by atoms with van der Waals surface area (Å²) in [7, 11) is 1.62. The highest BCUT2D eigenvalue weighted by Gasteiger charge is 2.13. The van der Waals surface area contributed by atoms with Crippen molar-refractivity contribution in [2.24, 2.45) is 0 Å². The lowest BCUT2D eigenvalue weighted by Crippen LogP contribution is -2.24. The van der Waals surface area contributed by atoms with E-state index in [1.54, 1.807) is 31.4 Å². The van der Waals surface area contributed by atoms with Crippen molar-refractivity contribution in [2.45, 2.75) is 64.8 Å². The van der Waals surface area contributed by atoms with E-state index in [4.69, 9.17) is 14.5 Å². The number of para-hydroxylation sites is 2. The highest BCUT2D eigenvalue weighted by Crippen LogP contribution is 2.24. The molecule has 0 spiro atoms. The molecule has 1 aromatic heterocycles. The van der Waals surface area contributed by atoms with Crippen LogP contribution in [0.1, 0.15) is 68.2 Å². The molecule has 1 N–H and O–H groups in total. The summed E-state index contributed by atoms with van der Waals surface area (Å²) in [5.74, 6) is 2.73. The summed E-state index contributed by atoms with van der Waals surface area (Å²) < 4.78 is 13.5. The smallest absolute Gasteiger partial charge is 0.251 e. The minimum Gasteiger partial charge on any atom is -0.497 e. The number of amides is 1. The van der Waals surface area contributed by atoms with E-state index in [2.05, 4.69) is 73.1 Å². The number of hydrogen-bond donors (Lipinski definition) is 1. The first-order valence-electron chi connectivity index (χ1n) is 13.9. The van der Waals surface area contributed by atoms with Crippen molar-refractivity contribution in [3.63, 3.8) is 0 Å². The van der Waals surface area contributed by atoms with Gasteiger partial charge in [-0.15, -0.1) is 0 Å². The monoisotopic (exact) mass is 527 g/mol. The van der Waals surface area contributed by atoms with Gasteiger partial charge in [0.2, 0.25) is 0 Å². The van der Waals surface area contributed by atoms with Crippen LogP contribution in [0.2, 0.25) is 0 Å². The zero-order valence-corrected chi connectivity index (χ0v) is 23.7. The first kappa shape index (κ1) is 28.2. The van der Waals surface area contributed by atoms with Crippen LogP contribution in [0.25, 0.3) is 11.0 Å². The van der Waals surface area contributed by atoms with Crippen molar-refractivity contribution in [2.75, 3.05) is 20.3 Å². The number of nitrogens with one attached hydrogen (secondary N) is 1.